The number of aryl methyl sites for hydroxylation is 1. The van der Waals surface area contributed by atoms with Gasteiger partial charge in [0.1, 0.15) is 12.2 Å². The third-order valence-electron chi connectivity index (χ3n) is 3.80. The monoisotopic (exact) mass is 236 g/mol. The van der Waals surface area contributed by atoms with Crippen LogP contribution < -0.4 is 5.73 Å². The van der Waals surface area contributed by atoms with Gasteiger partial charge in [-0.15, -0.1) is 0 Å². The van der Waals surface area contributed by atoms with Gasteiger partial charge in [0, 0.05) is 19.0 Å². The molecule has 1 aromatic rings. The predicted molar refractivity (Wildman–Crippen MR) is 68.4 cm³/mol. The maximum Gasteiger partial charge on any atom is 0.138 e. The molecule has 1 aliphatic rings. The van der Waals surface area contributed by atoms with Crippen molar-refractivity contribution in [2.75, 3.05) is 0 Å². The minimum absolute atomic E-state index is 0.123. The van der Waals surface area contributed by atoms with Crippen molar-refractivity contribution < 1.29 is 0 Å². The Morgan fingerprint density at radius 3 is 2.71 bits per heavy atom. The lowest BCUT2D eigenvalue weighted by Crippen LogP contribution is -2.51. The first-order valence-electron chi connectivity index (χ1n) is 6.41. The first-order chi connectivity index (χ1) is 7.80. The molecule has 2 rings (SSSR count). The fourth-order valence-corrected chi connectivity index (χ4v) is 3.74. The van der Waals surface area contributed by atoms with Crippen LogP contribution in [0.4, 0.5) is 0 Å². The van der Waals surface area contributed by atoms with Crippen molar-refractivity contribution in [1.82, 2.24) is 14.8 Å². The molecular weight excluding hydrogens is 212 g/mol. The number of hydrogen-bond acceptors (Lipinski definition) is 3. The highest BCUT2D eigenvalue weighted by molar-refractivity contribution is 5.03. The van der Waals surface area contributed by atoms with Crippen molar-refractivity contribution >= 4 is 0 Å². The average molecular weight is 236 g/mol. The fourth-order valence-electron chi connectivity index (χ4n) is 3.74. The second-order valence-electron chi connectivity index (χ2n) is 6.69. The second kappa shape index (κ2) is 4.09. The number of aromatic nitrogens is 3. The molecule has 1 fully saturated rings. The van der Waals surface area contributed by atoms with E-state index in [0.29, 0.717) is 11.3 Å². The molecule has 2 atom stereocenters. The van der Waals surface area contributed by atoms with Gasteiger partial charge in [0.2, 0.25) is 0 Å². The van der Waals surface area contributed by atoms with E-state index < -0.39 is 0 Å². The molecule has 96 valence electrons. The molecule has 0 aromatic carbocycles. The number of rotatable bonds is 2. The van der Waals surface area contributed by atoms with Gasteiger partial charge >= 0.3 is 0 Å². The summed E-state index contributed by atoms with van der Waals surface area (Å²) in [4.78, 5) is 4.30. The standard InChI is InChI=1S/C13H24N4/c1-10-5-12(2,3)8-13(14,6-10)7-11-15-9-16-17(11)4/h9-10H,5-8,14H2,1-4H3. The zero-order chi connectivity index (χ0) is 12.7. The van der Waals surface area contributed by atoms with Crippen molar-refractivity contribution in [1.29, 1.82) is 0 Å². The molecule has 0 bridgehead atoms. The summed E-state index contributed by atoms with van der Waals surface area (Å²) in [6.07, 6.45) is 5.86. The Morgan fingerprint density at radius 2 is 2.18 bits per heavy atom. The highest BCUT2D eigenvalue weighted by Gasteiger charge is 2.40. The van der Waals surface area contributed by atoms with Gasteiger partial charge in [0.15, 0.2) is 0 Å². The van der Waals surface area contributed by atoms with E-state index in [1.165, 1.54) is 6.42 Å². The normalized spacial score (nSPS) is 32.6. The number of nitrogens with zero attached hydrogens (tertiary/aromatic N) is 3. The van der Waals surface area contributed by atoms with Crippen molar-refractivity contribution in [3.63, 3.8) is 0 Å². The van der Waals surface area contributed by atoms with Crippen molar-refractivity contribution in [2.24, 2.45) is 24.1 Å². The Kier molecular flexibility index (Phi) is 3.02. The fraction of sp³-hybridized carbons (Fsp3) is 0.846. The Balaban J connectivity index is 2.16. The van der Waals surface area contributed by atoms with E-state index in [9.17, 15) is 0 Å². The summed E-state index contributed by atoms with van der Waals surface area (Å²) >= 11 is 0. The lowest BCUT2D eigenvalue weighted by molar-refractivity contribution is 0.106. The molecule has 0 amide bonds. The summed E-state index contributed by atoms with van der Waals surface area (Å²) < 4.78 is 1.83. The number of hydrogen-bond donors (Lipinski definition) is 1. The maximum atomic E-state index is 6.60. The van der Waals surface area contributed by atoms with Crippen molar-refractivity contribution in [3.05, 3.63) is 12.2 Å². The van der Waals surface area contributed by atoms with Crippen LogP contribution in [0.1, 0.15) is 45.9 Å². The van der Waals surface area contributed by atoms with Gasteiger partial charge in [-0.1, -0.05) is 20.8 Å². The van der Waals surface area contributed by atoms with Crippen LogP contribution in [-0.4, -0.2) is 20.3 Å². The van der Waals surface area contributed by atoms with Crippen LogP contribution in [0.2, 0.25) is 0 Å². The minimum atomic E-state index is -0.123. The van der Waals surface area contributed by atoms with Gasteiger partial charge in [0.25, 0.3) is 0 Å². The van der Waals surface area contributed by atoms with E-state index in [0.717, 1.165) is 25.1 Å². The molecule has 0 saturated heterocycles. The van der Waals surface area contributed by atoms with Crippen LogP contribution in [0, 0.1) is 11.3 Å². The summed E-state index contributed by atoms with van der Waals surface area (Å²) in [5.74, 6) is 1.69. The molecule has 1 aliphatic carbocycles. The van der Waals surface area contributed by atoms with Crippen LogP contribution in [0.5, 0.6) is 0 Å². The van der Waals surface area contributed by atoms with E-state index in [1.54, 1.807) is 6.33 Å². The highest BCUT2D eigenvalue weighted by atomic mass is 15.3. The Bertz CT molecular complexity index is 396. The topological polar surface area (TPSA) is 56.7 Å². The SMILES string of the molecule is CC1CC(C)(C)CC(N)(Cc2ncnn2C)C1. The predicted octanol–water partition coefficient (Wildman–Crippen LogP) is 1.90. The summed E-state index contributed by atoms with van der Waals surface area (Å²) in [5, 5.41) is 4.12. The molecule has 0 aliphatic heterocycles. The molecule has 1 heterocycles. The van der Waals surface area contributed by atoms with Gasteiger partial charge in [-0.25, -0.2) is 4.98 Å². The van der Waals surface area contributed by atoms with Crippen molar-refractivity contribution in [3.8, 4) is 0 Å². The largest absolute Gasteiger partial charge is 0.325 e. The molecule has 2 N–H and O–H groups in total. The summed E-state index contributed by atoms with van der Waals surface area (Å²) in [5.41, 5.74) is 6.82. The van der Waals surface area contributed by atoms with Crippen LogP contribution >= 0.6 is 0 Å². The van der Waals surface area contributed by atoms with Crippen LogP contribution in [0.15, 0.2) is 6.33 Å². The summed E-state index contributed by atoms with van der Waals surface area (Å²) in [6.45, 7) is 6.95. The Labute approximate surface area is 104 Å². The van der Waals surface area contributed by atoms with Gasteiger partial charge < -0.3 is 5.73 Å². The first kappa shape index (κ1) is 12.6. The molecule has 4 nitrogen and oxygen atoms in total. The van der Waals surface area contributed by atoms with E-state index in [1.807, 2.05) is 11.7 Å². The maximum absolute atomic E-state index is 6.60. The van der Waals surface area contributed by atoms with Crippen LogP contribution in [0.3, 0.4) is 0 Å². The molecule has 2 unspecified atom stereocenters. The van der Waals surface area contributed by atoms with Crippen LogP contribution in [0.25, 0.3) is 0 Å². The van der Waals surface area contributed by atoms with Crippen LogP contribution in [-0.2, 0) is 13.5 Å². The molecule has 0 radical (unpaired) electrons. The Hall–Kier alpha value is -0.900. The summed E-state index contributed by atoms with van der Waals surface area (Å²) in [7, 11) is 1.93. The van der Waals surface area contributed by atoms with Gasteiger partial charge in [-0.2, -0.15) is 5.10 Å². The van der Waals surface area contributed by atoms with E-state index in [2.05, 4.69) is 30.9 Å². The zero-order valence-corrected chi connectivity index (χ0v) is 11.4. The smallest absolute Gasteiger partial charge is 0.138 e. The third-order valence-corrected chi connectivity index (χ3v) is 3.80. The molecule has 17 heavy (non-hydrogen) atoms. The Morgan fingerprint density at radius 1 is 1.47 bits per heavy atom. The van der Waals surface area contributed by atoms with Gasteiger partial charge in [0.05, 0.1) is 0 Å². The van der Waals surface area contributed by atoms with Gasteiger partial charge in [-0.05, 0) is 30.6 Å². The minimum Gasteiger partial charge on any atom is -0.325 e. The molecular formula is C13H24N4. The molecule has 0 spiro atoms. The third kappa shape index (κ3) is 2.86. The lowest BCUT2D eigenvalue weighted by atomic mass is 9.63. The highest BCUT2D eigenvalue weighted by Crippen LogP contribution is 2.43. The summed E-state index contributed by atoms with van der Waals surface area (Å²) in [6, 6.07) is 0. The van der Waals surface area contributed by atoms with Gasteiger partial charge in [-0.3, -0.25) is 4.68 Å². The quantitative estimate of drug-likeness (QED) is 0.853. The van der Waals surface area contributed by atoms with E-state index >= 15 is 0 Å². The molecule has 4 heteroatoms. The zero-order valence-electron chi connectivity index (χ0n) is 11.4. The van der Waals surface area contributed by atoms with E-state index in [-0.39, 0.29) is 5.54 Å². The molecule has 1 saturated carbocycles. The first-order valence-corrected chi connectivity index (χ1v) is 6.41. The molecule has 1 aromatic heterocycles. The average Bonchev–Trinajstić information content (AvgIpc) is 2.46. The second-order valence-corrected chi connectivity index (χ2v) is 6.69. The lowest BCUT2D eigenvalue weighted by Gasteiger charge is -2.45. The van der Waals surface area contributed by atoms with E-state index in [4.69, 9.17) is 5.73 Å². The van der Waals surface area contributed by atoms with Crippen molar-refractivity contribution in [2.45, 2.75) is 52.0 Å². The number of nitrogens with two attached hydrogens (primary N) is 1.